The molecule has 8 heteroatoms. The number of carbonyl (C=O) groups is 1. The van der Waals surface area contributed by atoms with Crippen LogP contribution in [0.5, 0.6) is 0 Å². The first-order valence-electron chi connectivity index (χ1n) is 10.6. The second-order valence-electron chi connectivity index (χ2n) is 9.13. The molecule has 166 valence electrons. The Labute approximate surface area is 190 Å². The maximum absolute atomic E-state index is 13.3. The van der Waals surface area contributed by atoms with Gasteiger partial charge in [0.1, 0.15) is 11.2 Å². The number of aromatic nitrogens is 4. The number of fused-ring (bicyclic) bond motifs is 1. The van der Waals surface area contributed by atoms with Gasteiger partial charge in [0, 0.05) is 16.1 Å². The molecule has 0 spiro atoms. The molecule has 1 N–H and O–H groups in total. The largest absolute Gasteiger partial charge is 0.290 e. The standard InChI is InChI=1S/C24H27N5O2S/c1-14(2)18-12-17(26-29(18)24(4,5)6)21(30)27-28-13-25-22-20(23(28)31)19(15(3)32-22)16-10-8-7-9-11-16/h7-14H,1-6H3,(H,27,30). The highest BCUT2D eigenvalue weighted by Gasteiger charge is 2.24. The van der Waals surface area contributed by atoms with E-state index in [1.807, 2.05) is 62.7 Å². The van der Waals surface area contributed by atoms with Crippen LogP contribution in [0.15, 0.2) is 47.5 Å². The molecular weight excluding hydrogens is 422 g/mol. The van der Waals surface area contributed by atoms with Gasteiger partial charge in [-0.1, -0.05) is 44.2 Å². The molecule has 1 amide bonds. The summed E-state index contributed by atoms with van der Waals surface area (Å²) in [5.41, 5.74) is 5.11. The maximum atomic E-state index is 13.3. The lowest BCUT2D eigenvalue weighted by Gasteiger charge is -2.23. The number of aryl methyl sites for hydroxylation is 1. The summed E-state index contributed by atoms with van der Waals surface area (Å²) >= 11 is 1.47. The molecule has 0 bridgehead atoms. The van der Waals surface area contributed by atoms with Crippen LogP contribution in [0.1, 0.15) is 61.6 Å². The highest BCUT2D eigenvalue weighted by Crippen LogP contribution is 2.35. The zero-order valence-corrected chi connectivity index (χ0v) is 19.9. The van der Waals surface area contributed by atoms with Gasteiger partial charge in [-0.25, -0.2) is 9.66 Å². The number of thiophene rings is 1. The van der Waals surface area contributed by atoms with Gasteiger partial charge >= 0.3 is 0 Å². The molecule has 3 aromatic heterocycles. The normalized spacial score (nSPS) is 12.0. The van der Waals surface area contributed by atoms with E-state index in [9.17, 15) is 9.59 Å². The fourth-order valence-electron chi connectivity index (χ4n) is 3.76. The van der Waals surface area contributed by atoms with E-state index in [-0.39, 0.29) is 22.7 Å². The molecule has 1 aromatic carbocycles. The first-order chi connectivity index (χ1) is 15.1. The first-order valence-corrected chi connectivity index (χ1v) is 11.4. The minimum Gasteiger partial charge on any atom is -0.267 e. The Hall–Kier alpha value is -3.26. The van der Waals surface area contributed by atoms with Crippen LogP contribution in [0.25, 0.3) is 21.3 Å². The third-order valence-corrected chi connectivity index (χ3v) is 6.28. The van der Waals surface area contributed by atoms with Gasteiger partial charge in [-0.2, -0.15) is 5.10 Å². The van der Waals surface area contributed by atoms with E-state index >= 15 is 0 Å². The van der Waals surface area contributed by atoms with Gasteiger partial charge in [0.25, 0.3) is 11.5 Å². The van der Waals surface area contributed by atoms with Crippen molar-refractivity contribution in [1.82, 2.24) is 19.4 Å². The molecule has 0 aliphatic rings. The maximum Gasteiger partial charge on any atom is 0.290 e. The summed E-state index contributed by atoms with van der Waals surface area (Å²) in [5, 5.41) is 5.04. The first kappa shape index (κ1) is 22.0. The summed E-state index contributed by atoms with van der Waals surface area (Å²) in [5.74, 6) is -0.252. The molecule has 4 rings (SSSR count). The average molecular weight is 450 g/mol. The second kappa shape index (κ2) is 8.02. The van der Waals surface area contributed by atoms with E-state index in [1.165, 1.54) is 17.7 Å². The molecule has 0 fully saturated rings. The Bertz CT molecular complexity index is 1360. The van der Waals surface area contributed by atoms with Crippen LogP contribution >= 0.6 is 11.3 Å². The van der Waals surface area contributed by atoms with Gasteiger partial charge < -0.3 is 0 Å². The summed E-state index contributed by atoms with van der Waals surface area (Å²) < 4.78 is 3.01. The SMILES string of the molecule is Cc1sc2ncn(NC(=O)c3cc(C(C)C)n(C(C)(C)C)n3)c(=O)c2c1-c1ccccc1. The number of carbonyl (C=O) groups excluding carboxylic acids is 1. The number of hydrogen-bond acceptors (Lipinski definition) is 5. The van der Waals surface area contributed by atoms with E-state index in [4.69, 9.17) is 0 Å². The van der Waals surface area contributed by atoms with Gasteiger partial charge in [-0.15, -0.1) is 11.3 Å². The number of amides is 1. The molecule has 32 heavy (non-hydrogen) atoms. The second-order valence-corrected chi connectivity index (χ2v) is 10.3. The molecule has 0 saturated heterocycles. The lowest BCUT2D eigenvalue weighted by atomic mass is 10.0. The van der Waals surface area contributed by atoms with Gasteiger partial charge in [-0.05, 0) is 45.2 Å². The number of nitrogens with one attached hydrogen (secondary N) is 1. The topological polar surface area (TPSA) is 81.8 Å². The molecule has 0 aliphatic heterocycles. The summed E-state index contributed by atoms with van der Waals surface area (Å²) in [6.45, 7) is 12.2. The Morgan fingerprint density at radius 3 is 2.44 bits per heavy atom. The molecular formula is C24H27N5O2S. The van der Waals surface area contributed by atoms with E-state index < -0.39 is 5.91 Å². The molecule has 4 aromatic rings. The molecule has 0 aliphatic carbocycles. The zero-order chi connectivity index (χ0) is 23.2. The monoisotopic (exact) mass is 449 g/mol. The minimum absolute atomic E-state index is 0.200. The number of hydrogen-bond donors (Lipinski definition) is 1. The van der Waals surface area contributed by atoms with Gasteiger partial charge in [0.05, 0.1) is 10.9 Å². The molecule has 0 unspecified atom stereocenters. The van der Waals surface area contributed by atoms with Crippen LogP contribution in [0.3, 0.4) is 0 Å². The van der Waals surface area contributed by atoms with Crippen molar-refractivity contribution in [1.29, 1.82) is 0 Å². The third kappa shape index (κ3) is 3.86. The van der Waals surface area contributed by atoms with Crippen LogP contribution in [0.2, 0.25) is 0 Å². The van der Waals surface area contributed by atoms with Crippen molar-refractivity contribution in [2.24, 2.45) is 0 Å². The number of benzene rings is 1. The predicted octanol–water partition coefficient (Wildman–Crippen LogP) is 4.89. The van der Waals surface area contributed by atoms with Crippen LogP contribution in [0, 0.1) is 6.92 Å². The fourth-order valence-corrected chi connectivity index (χ4v) is 4.76. The van der Waals surface area contributed by atoms with Crippen molar-refractivity contribution in [3.8, 4) is 11.1 Å². The average Bonchev–Trinajstić information content (AvgIpc) is 3.33. The minimum atomic E-state index is -0.452. The third-order valence-electron chi connectivity index (χ3n) is 5.27. The molecule has 3 heterocycles. The van der Waals surface area contributed by atoms with Crippen LogP contribution in [-0.4, -0.2) is 25.3 Å². The molecule has 0 atom stereocenters. The van der Waals surface area contributed by atoms with Crippen LogP contribution < -0.4 is 11.0 Å². The van der Waals surface area contributed by atoms with Crippen molar-refractivity contribution < 1.29 is 4.79 Å². The highest BCUT2D eigenvalue weighted by atomic mass is 32.1. The smallest absolute Gasteiger partial charge is 0.267 e. The number of rotatable bonds is 4. The van der Waals surface area contributed by atoms with Crippen molar-refractivity contribution in [3.05, 3.63) is 69.3 Å². The molecule has 0 radical (unpaired) electrons. The Balaban J connectivity index is 1.75. The Morgan fingerprint density at radius 2 is 1.84 bits per heavy atom. The Morgan fingerprint density at radius 1 is 1.16 bits per heavy atom. The summed E-state index contributed by atoms with van der Waals surface area (Å²) in [6, 6.07) is 11.5. The van der Waals surface area contributed by atoms with E-state index in [0.29, 0.717) is 10.2 Å². The summed E-state index contributed by atoms with van der Waals surface area (Å²) in [4.78, 5) is 32.4. The van der Waals surface area contributed by atoms with Crippen molar-refractivity contribution in [3.63, 3.8) is 0 Å². The quantitative estimate of drug-likeness (QED) is 0.481. The van der Waals surface area contributed by atoms with Crippen molar-refractivity contribution in [2.45, 2.75) is 53.0 Å². The summed E-state index contributed by atoms with van der Waals surface area (Å²) in [7, 11) is 0. The van der Waals surface area contributed by atoms with Crippen LogP contribution in [0.4, 0.5) is 0 Å². The molecule has 0 saturated carbocycles. The van der Waals surface area contributed by atoms with Crippen molar-refractivity contribution >= 4 is 27.5 Å². The summed E-state index contributed by atoms with van der Waals surface area (Å²) in [6.07, 6.45) is 1.36. The Kier molecular flexibility index (Phi) is 5.50. The lowest BCUT2D eigenvalue weighted by molar-refractivity contribution is 0.100. The molecule has 7 nitrogen and oxygen atoms in total. The van der Waals surface area contributed by atoms with E-state index in [2.05, 4.69) is 29.4 Å². The van der Waals surface area contributed by atoms with Crippen LogP contribution in [-0.2, 0) is 5.54 Å². The lowest BCUT2D eigenvalue weighted by Crippen LogP contribution is -2.33. The van der Waals surface area contributed by atoms with Crippen molar-refractivity contribution in [2.75, 3.05) is 5.43 Å². The van der Waals surface area contributed by atoms with E-state index in [0.717, 1.165) is 26.4 Å². The zero-order valence-electron chi connectivity index (χ0n) is 19.1. The van der Waals surface area contributed by atoms with E-state index in [1.54, 1.807) is 6.07 Å². The number of nitrogens with zero attached hydrogens (tertiary/aromatic N) is 4. The van der Waals surface area contributed by atoms with Gasteiger partial charge in [0.15, 0.2) is 5.69 Å². The predicted molar refractivity (Wildman–Crippen MR) is 129 cm³/mol. The van der Waals surface area contributed by atoms with Gasteiger partial charge in [-0.3, -0.25) is 19.7 Å². The van der Waals surface area contributed by atoms with Gasteiger partial charge in [0.2, 0.25) is 0 Å². The fraction of sp³-hybridized carbons (Fsp3) is 0.333. The highest BCUT2D eigenvalue weighted by molar-refractivity contribution is 7.19.